The third kappa shape index (κ3) is 4.14. The van der Waals surface area contributed by atoms with E-state index in [-0.39, 0.29) is 30.4 Å². The highest BCUT2D eigenvalue weighted by Gasteiger charge is 2.26. The molecule has 0 aliphatic rings. The van der Waals surface area contributed by atoms with Gasteiger partial charge in [-0.2, -0.15) is 0 Å². The molecule has 0 aliphatic carbocycles. The lowest BCUT2D eigenvalue weighted by atomic mass is 10.1. The van der Waals surface area contributed by atoms with E-state index >= 15 is 0 Å². The Morgan fingerprint density at radius 1 is 1.33 bits per heavy atom. The maximum atomic E-state index is 12.2. The zero-order valence-corrected chi connectivity index (χ0v) is 13.6. The summed E-state index contributed by atoms with van der Waals surface area (Å²) in [5, 5.41) is 6.70. The van der Waals surface area contributed by atoms with E-state index in [2.05, 4.69) is 17.1 Å². The molecule has 1 heterocycles. The van der Waals surface area contributed by atoms with Crippen molar-refractivity contribution in [3.05, 3.63) is 47.5 Å². The first-order chi connectivity index (χ1) is 11.6. The van der Waals surface area contributed by atoms with E-state index in [9.17, 15) is 9.59 Å². The summed E-state index contributed by atoms with van der Waals surface area (Å²) in [6.07, 6.45) is 0.602. The number of aromatic nitrogens is 1. The van der Waals surface area contributed by atoms with Crippen molar-refractivity contribution < 1.29 is 23.6 Å². The molecule has 0 radical (unpaired) electrons. The molecule has 0 fully saturated rings. The lowest BCUT2D eigenvalue weighted by Gasteiger charge is -2.05. The number of esters is 1. The maximum absolute atomic E-state index is 12.2. The van der Waals surface area contributed by atoms with E-state index in [1.54, 1.807) is 31.2 Å². The van der Waals surface area contributed by atoms with Crippen LogP contribution in [-0.4, -0.2) is 30.4 Å². The Hall–Kier alpha value is -2.80. The van der Waals surface area contributed by atoms with Gasteiger partial charge in [-0.15, -0.1) is 0 Å². The Balaban J connectivity index is 2.37. The zero-order valence-electron chi connectivity index (χ0n) is 12.9. The molecule has 0 saturated heterocycles. The molecule has 2 rings (SSSR count). The van der Waals surface area contributed by atoms with Crippen molar-refractivity contribution in [3.8, 4) is 11.3 Å². The normalized spacial score (nSPS) is 10.1. The number of benzene rings is 1. The van der Waals surface area contributed by atoms with Gasteiger partial charge in [-0.1, -0.05) is 41.5 Å². The second-order valence-electron chi connectivity index (χ2n) is 4.47. The number of anilines is 1. The summed E-state index contributed by atoms with van der Waals surface area (Å²) in [4.78, 5) is 23.9. The van der Waals surface area contributed by atoms with E-state index in [4.69, 9.17) is 25.6 Å². The zero-order chi connectivity index (χ0) is 17.5. The van der Waals surface area contributed by atoms with Crippen LogP contribution in [0.5, 0.6) is 0 Å². The largest absolute Gasteiger partial charge is 0.462 e. The van der Waals surface area contributed by atoms with Gasteiger partial charge in [0.1, 0.15) is 12.3 Å². The standard InChI is InChI=1S/C16H15ClN2O5/c1-3-9-23-16(21)18-14-12(15(20)22-4-2)13(19-24-14)10-5-7-11(17)8-6-10/h3,5-8H,1,4,9H2,2H3,(H,18,21). The van der Waals surface area contributed by atoms with Gasteiger partial charge >= 0.3 is 12.1 Å². The fourth-order valence-corrected chi connectivity index (χ4v) is 1.96. The predicted octanol–water partition coefficient (Wildman–Crippen LogP) is 3.91. The summed E-state index contributed by atoms with van der Waals surface area (Å²) in [6, 6.07) is 6.63. The van der Waals surface area contributed by atoms with Crippen LogP contribution in [0.1, 0.15) is 17.3 Å². The van der Waals surface area contributed by atoms with Crippen LogP contribution in [0, 0.1) is 0 Å². The van der Waals surface area contributed by atoms with Crippen molar-refractivity contribution in [1.29, 1.82) is 0 Å². The molecule has 0 bridgehead atoms. The first-order valence-electron chi connectivity index (χ1n) is 7.04. The Morgan fingerprint density at radius 2 is 2.04 bits per heavy atom. The fourth-order valence-electron chi connectivity index (χ4n) is 1.84. The van der Waals surface area contributed by atoms with E-state index in [1.807, 2.05) is 0 Å². The molecule has 0 unspecified atom stereocenters. The first kappa shape index (κ1) is 17.6. The van der Waals surface area contributed by atoms with Gasteiger partial charge in [0.05, 0.1) is 6.61 Å². The van der Waals surface area contributed by atoms with Gasteiger partial charge in [-0.25, -0.2) is 9.59 Å². The van der Waals surface area contributed by atoms with Gasteiger partial charge in [0, 0.05) is 10.6 Å². The minimum absolute atomic E-state index is 0.00488. The van der Waals surface area contributed by atoms with Gasteiger partial charge in [0.2, 0.25) is 5.88 Å². The number of carbonyl (C=O) groups excluding carboxylic acids is 2. The predicted molar refractivity (Wildman–Crippen MR) is 88.1 cm³/mol. The van der Waals surface area contributed by atoms with Crippen molar-refractivity contribution in [1.82, 2.24) is 5.16 Å². The molecular weight excluding hydrogens is 336 g/mol. The van der Waals surface area contributed by atoms with Gasteiger partial charge < -0.3 is 14.0 Å². The molecule has 0 spiro atoms. The van der Waals surface area contributed by atoms with Gasteiger partial charge in [-0.3, -0.25) is 5.32 Å². The number of carbonyl (C=O) groups is 2. The fraction of sp³-hybridized carbons (Fsp3) is 0.188. The Labute approximate surface area is 143 Å². The van der Waals surface area contributed by atoms with Gasteiger partial charge in [-0.05, 0) is 19.1 Å². The molecule has 0 atom stereocenters. The highest BCUT2D eigenvalue weighted by molar-refractivity contribution is 6.30. The molecule has 8 heteroatoms. The van der Waals surface area contributed by atoms with Gasteiger partial charge in [0.15, 0.2) is 5.56 Å². The van der Waals surface area contributed by atoms with E-state index in [0.717, 1.165) is 0 Å². The summed E-state index contributed by atoms with van der Waals surface area (Å²) >= 11 is 5.86. The summed E-state index contributed by atoms with van der Waals surface area (Å²) in [5.74, 6) is -0.838. The molecule has 1 N–H and O–H groups in total. The minimum Gasteiger partial charge on any atom is -0.462 e. The van der Waals surface area contributed by atoms with Crippen molar-refractivity contribution in [3.63, 3.8) is 0 Å². The Morgan fingerprint density at radius 3 is 2.67 bits per heavy atom. The molecule has 1 aromatic carbocycles. The number of amides is 1. The van der Waals surface area contributed by atoms with Gasteiger partial charge in [0.25, 0.3) is 0 Å². The van der Waals surface area contributed by atoms with E-state index < -0.39 is 12.1 Å². The number of nitrogens with zero attached hydrogens (tertiary/aromatic N) is 1. The van der Waals surface area contributed by atoms with Crippen LogP contribution in [0.2, 0.25) is 5.02 Å². The second-order valence-corrected chi connectivity index (χ2v) is 4.91. The number of rotatable bonds is 6. The summed E-state index contributed by atoms with van der Waals surface area (Å²) < 4.78 is 14.9. The number of nitrogens with one attached hydrogen (secondary N) is 1. The summed E-state index contributed by atoms with van der Waals surface area (Å²) in [5.41, 5.74) is 0.803. The lowest BCUT2D eigenvalue weighted by Crippen LogP contribution is -2.16. The summed E-state index contributed by atoms with van der Waals surface area (Å²) in [7, 11) is 0. The third-order valence-electron chi connectivity index (χ3n) is 2.84. The molecule has 7 nitrogen and oxygen atoms in total. The number of hydrogen-bond acceptors (Lipinski definition) is 6. The molecule has 0 saturated carbocycles. The average Bonchev–Trinajstić information content (AvgIpc) is 2.97. The highest BCUT2D eigenvalue weighted by atomic mass is 35.5. The van der Waals surface area contributed by atoms with E-state index in [1.165, 1.54) is 6.08 Å². The van der Waals surface area contributed by atoms with Crippen LogP contribution in [-0.2, 0) is 9.47 Å². The molecule has 24 heavy (non-hydrogen) atoms. The third-order valence-corrected chi connectivity index (χ3v) is 3.09. The molecule has 0 aliphatic heterocycles. The van der Waals surface area contributed by atoms with Crippen LogP contribution in [0.25, 0.3) is 11.3 Å². The van der Waals surface area contributed by atoms with Crippen molar-refractivity contribution in [2.24, 2.45) is 0 Å². The molecule has 2 aromatic rings. The SMILES string of the molecule is C=CCOC(=O)Nc1onc(-c2ccc(Cl)cc2)c1C(=O)OCC. The van der Waals surface area contributed by atoms with Crippen LogP contribution < -0.4 is 5.32 Å². The molecular formula is C16H15ClN2O5. The molecule has 126 valence electrons. The van der Waals surface area contributed by atoms with E-state index in [0.29, 0.717) is 10.6 Å². The Bertz CT molecular complexity index is 739. The van der Waals surface area contributed by atoms with Crippen LogP contribution >= 0.6 is 11.6 Å². The molecule has 1 aromatic heterocycles. The lowest BCUT2D eigenvalue weighted by molar-refractivity contribution is 0.0528. The molecule has 1 amide bonds. The quantitative estimate of drug-likeness (QED) is 0.627. The maximum Gasteiger partial charge on any atom is 0.414 e. The Kier molecular flexibility index (Phi) is 5.97. The minimum atomic E-state index is -0.806. The first-order valence-corrected chi connectivity index (χ1v) is 7.42. The summed E-state index contributed by atoms with van der Waals surface area (Å²) in [6.45, 7) is 5.27. The highest BCUT2D eigenvalue weighted by Crippen LogP contribution is 2.30. The van der Waals surface area contributed by atoms with Crippen molar-refractivity contribution in [2.75, 3.05) is 18.5 Å². The van der Waals surface area contributed by atoms with Crippen LogP contribution in [0.15, 0.2) is 41.4 Å². The topological polar surface area (TPSA) is 90.7 Å². The average molecular weight is 351 g/mol. The smallest absolute Gasteiger partial charge is 0.414 e. The second kappa shape index (κ2) is 8.16. The van der Waals surface area contributed by atoms with Crippen LogP contribution in [0.3, 0.4) is 0 Å². The number of halogens is 1. The monoisotopic (exact) mass is 350 g/mol. The van der Waals surface area contributed by atoms with Crippen molar-refractivity contribution >= 4 is 29.5 Å². The number of hydrogen-bond donors (Lipinski definition) is 1. The van der Waals surface area contributed by atoms with Crippen LogP contribution in [0.4, 0.5) is 10.7 Å². The number of ether oxygens (including phenoxy) is 2. The van der Waals surface area contributed by atoms with Crippen molar-refractivity contribution in [2.45, 2.75) is 6.92 Å².